The lowest BCUT2D eigenvalue weighted by atomic mass is 9.96. The average Bonchev–Trinajstić information content (AvgIpc) is 2.80. The number of nitrogen functional groups attached to an aromatic ring is 1. The van der Waals surface area contributed by atoms with Crippen molar-refractivity contribution in [1.82, 2.24) is 9.97 Å². The fraction of sp³-hybridized carbons (Fsp3) is 0.692. The zero-order valence-electron chi connectivity index (χ0n) is 11.4. The van der Waals surface area contributed by atoms with E-state index in [1.165, 1.54) is 12.8 Å². The van der Waals surface area contributed by atoms with Crippen LogP contribution in [0.2, 0.25) is 0 Å². The Morgan fingerprint density at radius 2 is 1.94 bits per heavy atom. The van der Waals surface area contributed by atoms with E-state index in [4.69, 9.17) is 10.6 Å². The van der Waals surface area contributed by atoms with Crippen molar-refractivity contribution in [2.24, 2.45) is 5.84 Å². The van der Waals surface area contributed by atoms with Gasteiger partial charge in [0.25, 0.3) is 0 Å². The minimum Gasteiger partial charge on any atom is -0.474 e. The Morgan fingerprint density at radius 3 is 2.50 bits per heavy atom. The average molecular weight is 250 g/mol. The van der Waals surface area contributed by atoms with Crippen LogP contribution in [-0.4, -0.2) is 16.1 Å². The van der Waals surface area contributed by atoms with Gasteiger partial charge in [-0.25, -0.2) is 10.8 Å². The normalized spacial score (nSPS) is 16.9. The van der Waals surface area contributed by atoms with Crippen LogP contribution in [0.15, 0.2) is 6.07 Å². The zero-order chi connectivity index (χ0) is 13.2. The van der Waals surface area contributed by atoms with Crippen LogP contribution >= 0.6 is 0 Å². The molecule has 0 radical (unpaired) electrons. The maximum Gasteiger partial charge on any atom is 0.219 e. The third kappa shape index (κ3) is 3.10. The summed E-state index contributed by atoms with van der Waals surface area (Å²) in [5, 5.41) is 0. The lowest BCUT2D eigenvalue weighted by molar-refractivity contribution is 0.200. The van der Waals surface area contributed by atoms with Gasteiger partial charge in [-0.05, 0) is 25.7 Å². The van der Waals surface area contributed by atoms with Gasteiger partial charge >= 0.3 is 0 Å². The highest BCUT2D eigenvalue weighted by molar-refractivity contribution is 5.38. The number of rotatable bonds is 3. The van der Waals surface area contributed by atoms with Gasteiger partial charge in [-0.3, -0.25) is 0 Å². The molecule has 0 aliphatic heterocycles. The minimum absolute atomic E-state index is 0.124. The fourth-order valence-electron chi connectivity index (χ4n) is 2.07. The topological polar surface area (TPSA) is 73.1 Å². The van der Waals surface area contributed by atoms with E-state index in [2.05, 4.69) is 36.2 Å². The molecular weight excluding hydrogens is 228 g/mol. The molecule has 5 heteroatoms. The first-order valence-corrected chi connectivity index (χ1v) is 6.52. The zero-order valence-corrected chi connectivity index (χ0v) is 11.4. The monoisotopic (exact) mass is 250 g/mol. The second-order valence-electron chi connectivity index (χ2n) is 5.83. The molecule has 3 N–H and O–H groups in total. The molecule has 0 atom stereocenters. The number of hydrogen-bond acceptors (Lipinski definition) is 5. The quantitative estimate of drug-likeness (QED) is 0.636. The SMILES string of the molecule is CC(C)(C)c1nc(NN)cc(OC2CCCC2)n1. The summed E-state index contributed by atoms with van der Waals surface area (Å²) < 4.78 is 5.91. The van der Waals surface area contributed by atoms with Crippen molar-refractivity contribution in [2.75, 3.05) is 5.43 Å². The first kappa shape index (κ1) is 13.1. The van der Waals surface area contributed by atoms with Crippen molar-refractivity contribution in [3.63, 3.8) is 0 Å². The summed E-state index contributed by atoms with van der Waals surface area (Å²) >= 11 is 0. The molecule has 0 spiro atoms. The van der Waals surface area contributed by atoms with Gasteiger partial charge < -0.3 is 10.2 Å². The Bertz CT molecular complexity index is 408. The molecule has 100 valence electrons. The number of anilines is 1. The Hall–Kier alpha value is -1.36. The molecule has 2 rings (SSSR count). The number of nitrogens with two attached hydrogens (primary N) is 1. The van der Waals surface area contributed by atoms with Gasteiger partial charge in [-0.15, -0.1) is 0 Å². The summed E-state index contributed by atoms with van der Waals surface area (Å²) in [5.74, 6) is 7.40. The molecule has 0 saturated heterocycles. The Labute approximate surface area is 108 Å². The lowest BCUT2D eigenvalue weighted by Crippen LogP contribution is -2.20. The van der Waals surface area contributed by atoms with Crippen LogP contribution in [0, 0.1) is 0 Å². The molecule has 1 aliphatic rings. The Morgan fingerprint density at radius 1 is 1.28 bits per heavy atom. The molecule has 0 unspecified atom stereocenters. The molecule has 0 bridgehead atoms. The largest absolute Gasteiger partial charge is 0.474 e. The van der Waals surface area contributed by atoms with Crippen molar-refractivity contribution in [3.8, 4) is 5.88 Å². The van der Waals surface area contributed by atoms with Crippen molar-refractivity contribution in [2.45, 2.75) is 58.0 Å². The van der Waals surface area contributed by atoms with Crippen molar-refractivity contribution < 1.29 is 4.74 Å². The lowest BCUT2D eigenvalue weighted by Gasteiger charge is -2.19. The molecule has 1 saturated carbocycles. The Balaban J connectivity index is 2.23. The van der Waals surface area contributed by atoms with Crippen molar-refractivity contribution in [1.29, 1.82) is 0 Å². The Kier molecular flexibility index (Phi) is 3.71. The molecule has 1 aromatic rings. The van der Waals surface area contributed by atoms with Gasteiger partial charge in [0, 0.05) is 11.5 Å². The second kappa shape index (κ2) is 5.10. The van der Waals surface area contributed by atoms with E-state index in [0.29, 0.717) is 17.8 Å². The van der Waals surface area contributed by atoms with Gasteiger partial charge in [0.15, 0.2) is 0 Å². The third-order valence-electron chi connectivity index (χ3n) is 3.11. The van der Waals surface area contributed by atoms with Crippen LogP contribution in [0.4, 0.5) is 5.82 Å². The first-order valence-electron chi connectivity index (χ1n) is 6.52. The van der Waals surface area contributed by atoms with Gasteiger partial charge in [-0.2, -0.15) is 4.98 Å². The van der Waals surface area contributed by atoms with E-state index < -0.39 is 0 Å². The maximum absolute atomic E-state index is 5.91. The number of ether oxygens (including phenoxy) is 1. The highest BCUT2D eigenvalue weighted by Crippen LogP contribution is 2.26. The van der Waals surface area contributed by atoms with Gasteiger partial charge in [0.2, 0.25) is 5.88 Å². The van der Waals surface area contributed by atoms with Crippen LogP contribution in [0.25, 0.3) is 0 Å². The van der Waals surface area contributed by atoms with Crippen LogP contribution in [0.5, 0.6) is 5.88 Å². The standard InChI is InChI=1S/C13H22N4O/c1-13(2,3)12-15-10(17-14)8-11(16-12)18-9-6-4-5-7-9/h8-9H,4-7,14H2,1-3H3,(H,15,16,17). The molecular formula is C13H22N4O. The molecule has 1 heterocycles. The van der Waals surface area contributed by atoms with Crippen LogP contribution in [0.3, 0.4) is 0 Å². The summed E-state index contributed by atoms with van der Waals surface area (Å²) in [6.07, 6.45) is 4.99. The maximum atomic E-state index is 5.91. The third-order valence-corrected chi connectivity index (χ3v) is 3.11. The van der Waals surface area contributed by atoms with E-state index in [1.54, 1.807) is 6.07 Å². The highest BCUT2D eigenvalue weighted by Gasteiger charge is 2.22. The molecule has 0 aromatic carbocycles. The fourth-order valence-corrected chi connectivity index (χ4v) is 2.07. The molecule has 1 aliphatic carbocycles. The molecule has 1 aromatic heterocycles. The molecule has 18 heavy (non-hydrogen) atoms. The van der Waals surface area contributed by atoms with Crippen molar-refractivity contribution >= 4 is 5.82 Å². The smallest absolute Gasteiger partial charge is 0.219 e. The highest BCUT2D eigenvalue weighted by atomic mass is 16.5. The molecule has 0 amide bonds. The van der Waals surface area contributed by atoms with E-state index >= 15 is 0 Å². The molecule has 5 nitrogen and oxygen atoms in total. The van der Waals surface area contributed by atoms with Crippen LogP contribution in [0.1, 0.15) is 52.3 Å². The molecule has 1 fully saturated rings. The van der Waals surface area contributed by atoms with E-state index in [9.17, 15) is 0 Å². The summed E-state index contributed by atoms with van der Waals surface area (Å²) in [4.78, 5) is 8.86. The summed E-state index contributed by atoms with van der Waals surface area (Å²) in [6.45, 7) is 6.21. The van der Waals surface area contributed by atoms with Crippen LogP contribution in [-0.2, 0) is 5.41 Å². The summed E-state index contributed by atoms with van der Waals surface area (Å²) in [7, 11) is 0. The number of hydrazine groups is 1. The van der Waals surface area contributed by atoms with E-state index in [1.807, 2.05) is 0 Å². The number of hydrogen-bond donors (Lipinski definition) is 2. The van der Waals surface area contributed by atoms with Gasteiger partial charge in [-0.1, -0.05) is 20.8 Å². The predicted octanol–water partition coefficient (Wildman–Crippen LogP) is 2.38. The van der Waals surface area contributed by atoms with Crippen LogP contribution < -0.4 is 16.0 Å². The van der Waals surface area contributed by atoms with Gasteiger partial charge in [0.05, 0.1) is 0 Å². The predicted molar refractivity (Wildman–Crippen MR) is 71.4 cm³/mol. The van der Waals surface area contributed by atoms with Crippen molar-refractivity contribution in [3.05, 3.63) is 11.9 Å². The van der Waals surface area contributed by atoms with E-state index in [-0.39, 0.29) is 5.41 Å². The van der Waals surface area contributed by atoms with E-state index in [0.717, 1.165) is 18.7 Å². The number of nitrogens with zero attached hydrogens (tertiary/aromatic N) is 2. The number of nitrogens with one attached hydrogen (secondary N) is 1. The minimum atomic E-state index is -0.124. The first-order chi connectivity index (χ1) is 8.49. The number of aromatic nitrogens is 2. The summed E-state index contributed by atoms with van der Waals surface area (Å²) in [5.41, 5.74) is 2.45. The second-order valence-corrected chi connectivity index (χ2v) is 5.83. The summed E-state index contributed by atoms with van der Waals surface area (Å²) in [6, 6.07) is 1.76. The van der Waals surface area contributed by atoms with Gasteiger partial charge in [0.1, 0.15) is 17.7 Å².